The van der Waals surface area contributed by atoms with Gasteiger partial charge >= 0.3 is 12.1 Å². The highest BCUT2D eigenvalue weighted by atomic mass is 19.4. The summed E-state index contributed by atoms with van der Waals surface area (Å²) in [7, 11) is 0. The number of hydrogen-bond donors (Lipinski definition) is 2. The number of nitrogens with zero attached hydrogens (tertiary/aromatic N) is 1. The Hall–Kier alpha value is -1.79. The monoisotopic (exact) mass is 260 g/mol. The zero-order valence-electron chi connectivity index (χ0n) is 9.29. The predicted octanol–water partition coefficient (Wildman–Crippen LogP) is 2.38. The largest absolute Gasteiger partial charge is 0.481 e. The van der Waals surface area contributed by atoms with Gasteiger partial charge in [0.2, 0.25) is 0 Å². The molecule has 7 heteroatoms. The molecule has 0 aliphatic heterocycles. The highest BCUT2D eigenvalue weighted by Crippen LogP contribution is 2.46. The van der Waals surface area contributed by atoms with Crippen LogP contribution in [0.1, 0.15) is 18.4 Å². The summed E-state index contributed by atoms with van der Waals surface area (Å²) in [5.41, 5.74) is -1.81. The van der Waals surface area contributed by atoms with Crippen LogP contribution in [0.3, 0.4) is 0 Å². The molecular formula is C11H11F3N2O2. The first-order valence-corrected chi connectivity index (χ1v) is 5.35. The van der Waals surface area contributed by atoms with E-state index in [1.54, 1.807) is 0 Å². The van der Waals surface area contributed by atoms with Crippen molar-refractivity contribution in [2.24, 2.45) is 5.41 Å². The van der Waals surface area contributed by atoms with Gasteiger partial charge in [0.25, 0.3) is 0 Å². The molecule has 0 spiro atoms. The second kappa shape index (κ2) is 4.15. The third-order valence-corrected chi connectivity index (χ3v) is 3.01. The first-order chi connectivity index (χ1) is 8.35. The topological polar surface area (TPSA) is 62.2 Å². The Labute approximate surface area is 101 Å². The number of nitrogens with one attached hydrogen (secondary N) is 1. The zero-order chi connectivity index (χ0) is 13.4. The Balaban J connectivity index is 2.13. The van der Waals surface area contributed by atoms with Crippen LogP contribution in [0.25, 0.3) is 0 Å². The van der Waals surface area contributed by atoms with E-state index in [0.29, 0.717) is 12.8 Å². The predicted molar refractivity (Wildman–Crippen MR) is 57.0 cm³/mol. The average molecular weight is 260 g/mol. The molecule has 4 nitrogen and oxygen atoms in total. The number of aliphatic carboxylic acids is 1. The van der Waals surface area contributed by atoms with Crippen molar-refractivity contribution in [3.8, 4) is 0 Å². The number of halogens is 3. The summed E-state index contributed by atoms with van der Waals surface area (Å²) in [6, 6.07) is 2.10. The summed E-state index contributed by atoms with van der Waals surface area (Å²) in [5, 5.41) is 11.4. The standard InChI is InChI=1S/C11H11F3N2O2/c12-11(13,14)7-2-1-5-15-8(7)16-6-10(3-4-10)9(17)18/h1-2,5H,3-4,6H2,(H,15,16)(H,17,18). The van der Waals surface area contributed by atoms with Crippen molar-refractivity contribution in [1.29, 1.82) is 0 Å². The van der Waals surface area contributed by atoms with Gasteiger partial charge in [0, 0.05) is 12.7 Å². The molecule has 0 radical (unpaired) electrons. The fraction of sp³-hybridized carbons (Fsp3) is 0.455. The molecule has 2 rings (SSSR count). The van der Waals surface area contributed by atoms with E-state index < -0.39 is 23.1 Å². The third kappa shape index (κ3) is 2.39. The summed E-state index contributed by atoms with van der Waals surface area (Å²) in [4.78, 5) is 14.5. The van der Waals surface area contributed by atoms with Crippen LogP contribution >= 0.6 is 0 Å². The Morgan fingerprint density at radius 3 is 2.67 bits per heavy atom. The minimum absolute atomic E-state index is 0.0393. The van der Waals surface area contributed by atoms with Crippen LogP contribution in [0.5, 0.6) is 0 Å². The van der Waals surface area contributed by atoms with E-state index in [4.69, 9.17) is 5.11 Å². The summed E-state index contributed by atoms with van der Waals surface area (Å²) in [5.74, 6) is -1.31. The molecule has 0 bridgehead atoms. The van der Waals surface area contributed by atoms with Crippen molar-refractivity contribution < 1.29 is 23.1 Å². The number of alkyl halides is 3. The summed E-state index contributed by atoms with van der Waals surface area (Å²) >= 11 is 0. The lowest BCUT2D eigenvalue weighted by Gasteiger charge is -2.15. The van der Waals surface area contributed by atoms with Gasteiger partial charge in [-0.3, -0.25) is 4.79 Å². The van der Waals surface area contributed by atoms with E-state index in [2.05, 4.69) is 10.3 Å². The van der Waals surface area contributed by atoms with Crippen LogP contribution in [0.2, 0.25) is 0 Å². The minimum atomic E-state index is -4.50. The molecular weight excluding hydrogens is 249 g/mol. The lowest BCUT2D eigenvalue weighted by molar-refractivity contribution is -0.142. The molecule has 1 aliphatic carbocycles. The summed E-state index contributed by atoms with van der Waals surface area (Å²) in [6.07, 6.45) is -2.32. The van der Waals surface area contributed by atoms with E-state index in [1.165, 1.54) is 12.3 Å². The Morgan fingerprint density at radius 2 is 2.17 bits per heavy atom. The van der Waals surface area contributed by atoms with Crippen molar-refractivity contribution in [2.75, 3.05) is 11.9 Å². The van der Waals surface area contributed by atoms with Crippen molar-refractivity contribution in [2.45, 2.75) is 19.0 Å². The van der Waals surface area contributed by atoms with E-state index in [1.807, 2.05) is 0 Å². The van der Waals surface area contributed by atoms with E-state index in [9.17, 15) is 18.0 Å². The SMILES string of the molecule is O=C(O)C1(CNc2ncccc2C(F)(F)F)CC1. The molecule has 0 atom stereocenters. The Morgan fingerprint density at radius 1 is 1.50 bits per heavy atom. The second-order valence-corrected chi connectivity index (χ2v) is 4.34. The van der Waals surface area contributed by atoms with Crippen molar-refractivity contribution in [3.63, 3.8) is 0 Å². The van der Waals surface area contributed by atoms with Gasteiger partial charge in [0.05, 0.1) is 11.0 Å². The lowest BCUT2D eigenvalue weighted by atomic mass is 10.1. The summed E-state index contributed by atoms with van der Waals surface area (Å²) < 4.78 is 37.9. The number of aromatic nitrogens is 1. The molecule has 0 unspecified atom stereocenters. The number of carbonyl (C=O) groups is 1. The summed E-state index contributed by atoms with van der Waals surface area (Å²) in [6.45, 7) is -0.0393. The van der Waals surface area contributed by atoms with Gasteiger partial charge in [-0.15, -0.1) is 0 Å². The Kier molecular flexibility index (Phi) is 2.92. The van der Waals surface area contributed by atoms with E-state index in [-0.39, 0.29) is 12.4 Å². The molecule has 2 N–H and O–H groups in total. The zero-order valence-corrected chi connectivity index (χ0v) is 9.29. The van der Waals surface area contributed by atoms with Crippen LogP contribution in [0.15, 0.2) is 18.3 Å². The second-order valence-electron chi connectivity index (χ2n) is 4.34. The normalized spacial score (nSPS) is 17.3. The van der Waals surface area contributed by atoms with Crippen LogP contribution in [-0.2, 0) is 11.0 Å². The van der Waals surface area contributed by atoms with Crippen molar-refractivity contribution in [1.82, 2.24) is 4.98 Å². The van der Waals surface area contributed by atoms with Crippen LogP contribution < -0.4 is 5.32 Å². The first kappa shape index (κ1) is 12.7. The number of anilines is 1. The molecule has 0 saturated heterocycles. The van der Waals surface area contributed by atoms with Gasteiger partial charge in [0.15, 0.2) is 0 Å². The molecule has 1 aromatic rings. The van der Waals surface area contributed by atoms with Gasteiger partial charge in [0.1, 0.15) is 5.82 Å². The number of carboxylic acids is 1. The molecule has 1 fully saturated rings. The van der Waals surface area contributed by atoms with Crippen LogP contribution in [0.4, 0.5) is 19.0 Å². The van der Waals surface area contributed by atoms with Crippen molar-refractivity contribution in [3.05, 3.63) is 23.9 Å². The number of pyridine rings is 1. The van der Waals surface area contributed by atoms with Crippen LogP contribution in [0, 0.1) is 5.41 Å². The molecule has 98 valence electrons. The quantitative estimate of drug-likeness (QED) is 0.872. The average Bonchev–Trinajstić information content (AvgIpc) is 3.06. The molecule has 1 aromatic heterocycles. The minimum Gasteiger partial charge on any atom is -0.481 e. The molecule has 1 saturated carbocycles. The van der Waals surface area contributed by atoms with Gasteiger partial charge in [-0.2, -0.15) is 13.2 Å². The fourth-order valence-corrected chi connectivity index (χ4v) is 1.64. The highest BCUT2D eigenvalue weighted by Gasteiger charge is 2.50. The molecule has 0 amide bonds. The molecule has 1 aliphatic rings. The number of rotatable bonds is 4. The number of carboxylic acid groups (broad SMARTS) is 1. The molecule has 1 heterocycles. The van der Waals surface area contributed by atoms with Gasteiger partial charge in [-0.25, -0.2) is 4.98 Å². The highest BCUT2D eigenvalue weighted by molar-refractivity contribution is 5.78. The van der Waals surface area contributed by atoms with Gasteiger partial charge in [-0.05, 0) is 25.0 Å². The van der Waals surface area contributed by atoms with Crippen LogP contribution in [-0.4, -0.2) is 22.6 Å². The molecule has 0 aromatic carbocycles. The van der Waals surface area contributed by atoms with Crippen molar-refractivity contribution >= 4 is 11.8 Å². The number of hydrogen-bond acceptors (Lipinski definition) is 3. The fourth-order valence-electron chi connectivity index (χ4n) is 1.64. The maximum atomic E-state index is 12.6. The lowest BCUT2D eigenvalue weighted by Crippen LogP contribution is -2.25. The van der Waals surface area contributed by atoms with E-state index in [0.717, 1.165) is 6.07 Å². The van der Waals surface area contributed by atoms with Gasteiger partial charge in [-0.1, -0.05) is 0 Å². The smallest absolute Gasteiger partial charge is 0.419 e. The maximum Gasteiger partial charge on any atom is 0.419 e. The maximum absolute atomic E-state index is 12.6. The Bertz CT molecular complexity index is 470. The third-order valence-electron chi connectivity index (χ3n) is 3.01. The van der Waals surface area contributed by atoms with E-state index >= 15 is 0 Å². The molecule has 18 heavy (non-hydrogen) atoms. The first-order valence-electron chi connectivity index (χ1n) is 5.35. The van der Waals surface area contributed by atoms with Gasteiger partial charge < -0.3 is 10.4 Å².